The summed E-state index contributed by atoms with van der Waals surface area (Å²) < 4.78 is 0. The van der Waals surface area contributed by atoms with Crippen LogP contribution < -0.4 is 9.80 Å². The van der Waals surface area contributed by atoms with Gasteiger partial charge in [0.2, 0.25) is 0 Å². The molecule has 4 aromatic carbocycles. The van der Waals surface area contributed by atoms with Crippen LogP contribution in [0.2, 0.25) is 0 Å². The van der Waals surface area contributed by atoms with Crippen LogP contribution in [0.1, 0.15) is 48.9 Å². The molecule has 0 spiro atoms. The van der Waals surface area contributed by atoms with Crippen LogP contribution in [0.25, 0.3) is 11.1 Å². The highest BCUT2D eigenvalue weighted by Gasteiger charge is 2.22. The number of hydrogen-bond acceptors (Lipinski definition) is 2. The Balaban J connectivity index is 1.55. The minimum atomic E-state index is 0.268. The van der Waals surface area contributed by atoms with Crippen molar-refractivity contribution in [2.75, 3.05) is 9.80 Å². The van der Waals surface area contributed by atoms with E-state index >= 15 is 0 Å². The third-order valence-corrected chi connectivity index (χ3v) is 8.38. The van der Waals surface area contributed by atoms with Gasteiger partial charge >= 0.3 is 0 Å². The van der Waals surface area contributed by atoms with Crippen molar-refractivity contribution in [1.29, 1.82) is 0 Å². The van der Waals surface area contributed by atoms with E-state index in [0.29, 0.717) is 0 Å². The molecule has 0 aliphatic heterocycles. The van der Waals surface area contributed by atoms with Crippen molar-refractivity contribution in [2.45, 2.75) is 60.4 Å². The second-order valence-corrected chi connectivity index (χ2v) is 12.1. The van der Waals surface area contributed by atoms with E-state index in [4.69, 9.17) is 6.42 Å². The molecule has 45 heavy (non-hydrogen) atoms. The average Bonchev–Trinajstić information content (AvgIpc) is 3.01. The molecule has 2 nitrogen and oxygen atoms in total. The molecule has 0 saturated carbocycles. The van der Waals surface area contributed by atoms with Gasteiger partial charge in [-0.2, -0.15) is 0 Å². The fourth-order valence-electron chi connectivity index (χ4n) is 6.28. The molecular weight excluding hydrogens is 544 g/mol. The average molecular weight is 589 g/mol. The maximum atomic E-state index is 5.62. The molecule has 0 saturated heterocycles. The Hall–Kier alpha value is -5.00. The van der Waals surface area contributed by atoms with Crippen molar-refractivity contribution in [2.24, 2.45) is 0 Å². The molecule has 0 fully saturated rings. The first kappa shape index (κ1) is 31.4. The number of rotatable bonds is 9. The molecule has 1 aliphatic rings. The summed E-state index contributed by atoms with van der Waals surface area (Å²) in [5, 5.41) is 0. The van der Waals surface area contributed by atoms with E-state index < -0.39 is 0 Å². The second-order valence-electron chi connectivity index (χ2n) is 12.1. The SMILES string of the molecule is C#C/C=C\C(=C/CC)N(c1cccc(C)c1)c1ccc(-c2ccc(N(c3cccc(C)c3)C3C=CC=C(C)C3)cc2C)c(C)c1. The van der Waals surface area contributed by atoms with Crippen LogP contribution in [0, 0.1) is 40.0 Å². The van der Waals surface area contributed by atoms with Gasteiger partial charge in [-0.15, -0.1) is 6.42 Å². The van der Waals surface area contributed by atoms with Crippen LogP contribution >= 0.6 is 0 Å². The van der Waals surface area contributed by atoms with E-state index in [-0.39, 0.29) is 6.04 Å². The quantitative estimate of drug-likeness (QED) is 0.142. The molecule has 0 bridgehead atoms. The summed E-state index contributed by atoms with van der Waals surface area (Å²) in [6.07, 6.45) is 20.3. The number of benzene rings is 4. The van der Waals surface area contributed by atoms with E-state index in [2.05, 4.69) is 166 Å². The van der Waals surface area contributed by atoms with Crippen molar-refractivity contribution >= 4 is 22.7 Å². The standard InChI is InChI=1S/C43H44N2/c1-8-10-18-36(14-9-2)44(37-19-11-15-31(3)26-37)40-22-24-42(34(6)29-40)43-25-23-41(30-35(43)7)45(38-20-12-16-32(4)27-38)39-21-13-17-33(5)28-39/h1,10-27,29-30,39H,9,28H2,2-7H3/b18-10-,36-14+. The van der Waals surface area contributed by atoms with Crippen molar-refractivity contribution in [3.63, 3.8) is 0 Å². The Kier molecular flexibility index (Phi) is 9.91. The predicted molar refractivity (Wildman–Crippen MR) is 196 cm³/mol. The van der Waals surface area contributed by atoms with Crippen molar-refractivity contribution in [3.8, 4) is 23.5 Å². The van der Waals surface area contributed by atoms with Gasteiger partial charge in [-0.1, -0.05) is 79.1 Å². The molecule has 2 heteroatoms. The van der Waals surface area contributed by atoms with Gasteiger partial charge in [-0.05, 0) is 142 Å². The number of anilines is 4. The Labute approximate surface area is 270 Å². The van der Waals surface area contributed by atoms with Crippen LogP contribution in [0.4, 0.5) is 22.7 Å². The Bertz CT molecular complexity index is 1840. The Morgan fingerprint density at radius 3 is 1.96 bits per heavy atom. The first-order valence-electron chi connectivity index (χ1n) is 15.9. The molecule has 1 aliphatic carbocycles. The molecule has 5 rings (SSSR count). The lowest BCUT2D eigenvalue weighted by molar-refractivity contribution is 0.756. The zero-order valence-electron chi connectivity index (χ0n) is 27.5. The van der Waals surface area contributed by atoms with Crippen LogP contribution in [0.15, 0.2) is 133 Å². The van der Waals surface area contributed by atoms with Crippen molar-refractivity contribution < 1.29 is 0 Å². The highest BCUT2D eigenvalue weighted by atomic mass is 15.2. The normalized spacial score (nSPS) is 14.7. The first-order valence-corrected chi connectivity index (χ1v) is 15.9. The summed E-state index contributed by atoms with van der Waals surface area (Å²) >= 11 is 0. The summed E-state index contributed by atoms with van der Waals surface area (Å²) in [4.78, 5) is 4.78. The summed E-state index contributed by atoms with van der Waals surface area (Å²) in [6, 6.07) is 31.4. The van der Waals surface area contributed by atoms with Crippen LogP contribution in [0.5, 0.6) is 0 Å². The number of nitrogens with zero attached hydrogens (tertiary/aromatic N) is 2. The van der Waals surface area contributed by atoms with E-state index in [9.17, 15) is 0 Å². The molecule has 0 heterocycles. The maximum Gasteiger partial charge on any atom is 0.0562 e. The van der Waals surface area contributed by atoms with Crippen LogP contribution in [-0.2, 0) is 0 Å². The monoisotopic (exact) mass is 588 g/mol. The summed E-state index contributed by atoms with van der Waals surface area (Å²) in [5.74, 6) is 2.66. The predicted octanol–water partition coefficient (Wildman–Crippen LogP) is 11.6. The largest absolute Gasteiger partial charge is 0.334 e. The summed E-state index contributed by atoms with van der Waals surface area (Å²) in [5.41, 5.74) is 14.6. The van der Waals surface area contributed by atoms with Crippen molar-refractivity contribution in [1.82, 2.24) is 0 Å². The molecule has 1 unspecified atom stereocenters. The van der Waals surface area contributed by atoms with Gasteiger partial charge in [-0.25, -0.2) is 0 Å². The fraction of sp³-hybridized carbons (Fsp3) is 0.209. The van der Waals surface area contributed by atoms with Gasteiger partial charge in [-0.3, -0.25) is 0 Å². The third-order valence-electron chi connectivity index (χ3n) is 8.38. The smallest absolute Gasteiger partial charge is 0.0562 e. The molecule has 0 amide bonds. The third kappa shape index (κ3) is 7.22. The van der Waals surface area contributed by atoms with Gasteiger partial charge < -0.3 is 9.80 Å². The minimum Gasteiger partial charge on any atom is -0.334 e. The zero-order valence-corrected chi connectivity index (χ0v) is 27.5. The second kappa shape index (κ2) is 14.2. The molecule has 1 atom stereocenters. The lowest BCUT2D eigenvalue weighted by Gasteiger charge is -2.34. The molecule has 0 N–H and O–H groups in total. The van der Waals surface area contributed by atoms with E-state index in [1.165, 1.54) is 50.3 Å². The topological polar surface area (TPSA) is 6.48 Å². The molecular formula is C43H44N2. The summed E-state index contributed by atoms with van der Waals surface area (Å²) in [6.45, 7) is 13.1. The summed E-state index contributed by atoms with van der Waals surface area (Å²) in [7, 11) is 0. The highest BCUT2D eigenvalue weighted by Crippen LogP contribution is 2.39. The molecule has 226 valence electrons. The number of terminal acetylenes is 1. The number of hydrogen-bond donors (Lipinski definition) is 0. The van der Waals surface area contributed by atoms with Gasteiger partial charge in [0.15, 0.2) is 0 Å². The molecule has 0 aromatic heterocycles. The lowest BCUT2D eigenvalue weighted by atomic mass is 9.94. The van der Waals surface area contributed by atoms with Crippen molar-refractivity contribution in [3.05, 3.63) is 155 Å². The highest BCUT2D eigenvalue weighted by molar-refractivity contribution is 5.79. The van der Waals surface area contributed by atoms with Crippen LogP contribution in [0.3, 0.4) is 0 Å². The molecule has 4 aromatic rings. The minimum absolute atomic E-state index is 0.268. The van der Waals surface area contributed by atoms with Gasteiger partial charge in [0.05, 0.1) is 6.04 Å². The number of allylic oxidation sites excluding steroid dienone is 5. The number of aryl methyl sites for hydroxylation is 4. The Morgan fingerprint density at radius 2 is 1.36 bits per heavy atom. The van der Waals surface area contributed by atoms with Gasteiger partial charge in [0.25, 0.3) is 0 Å². The maximum absolute atomic E-state index is 5.62. The van der Waals surface area contributed by atoms with E-state index in [1.807, 2.05) is 6.08 Å². The first-order chi connectivity index (χ1) is 21.8. The Morgan fingerprint density at radius 1 is 0.778 bits per heavy atom. The zero-order chi connectivity index (χ0) is 31.9. The fourth-order valence-corrected chi connectivity index (χ4v) is 6.28. The van der Waals surface area contributed by atoms with E-state index in [0.717, 1.165) is 29.9 Å². The van der Waals surface area contributed by atoms with Crippen LogP contribution in [-0.4, -0.2) is 6.04 Å². The van der Waals surface area contributed by atoms with E-state index in [1.54, 1.807) is 6.08 Å². The van der Waals surface area contributed by atoms with Gasteiger partial charge in [0, 0.05) is 28.4 Å². The molecule has 0 radical (unpaired) electrons. The van der Waals surface area contributed by atoms with Gasteiger partial charge in [0.1, 0.15) is 0 Å². The lowest BCUT2D eigenvalue weighted by Crippen LogP contribution is -2.30.